The van der Waals surface area contributed by atoms with Crippen molar-refractivity contribution >= 4 is 5.91 Å². The Hall–Kier alpha value is -3.15. The summed E-state index contributed by atoms with van der Waals surface area (Å²) >= 11 is 0. The summed E-state index contributed by atoms with van der Waals surface area (Å²) in [6.45, 7) is 8.16. The second-order valence-corrected chi connectivity index (χ2v) is 7.36. The molecule has 152 valence electrons. The largest absolute Gasteiger partial charge is 0.480 e. The van der Waals surface area contributed by atoms with Crippen molar-refractivity contribution in [2.75, 3.05) is 7.05 Å². The molecule has 1 atom stereocenters. The Morgan fingerprint density at radius 2 is 1.79 bits per heavy atom. The number of benzene rings is 2. The molecule has 29 heavy (non-hydrogen) atoms. The second kappa shape index (κ2) is 8.90. The molecule has 0 aliphatic rings. The molecule has 1 heterocycles. The smallest absolute Gasteiger partial charge is 0.263 e. The number of aryl methyl sites for hydroxylation is 3. The first-order valence-electron chi connectivity index (χ1n) is 9.76. The first-order chi connectivity index (χ1) is 13.9. The van der Waals surface area contributed by atoms with Crippen LogP contribution < -0.4 is 4.74 Å². The van der Waals surface area contributed by atoms with Crippen LogP contribution in [0.3, 0.4) is 0 Å². The van der Waals surface area contributed by atoms with Crippen LogP contribution in [0.5, 0.6) is 5.75 Å². The van der Waals surface area contributed by atoms with E-state index in [1.807, 2.05) is 70.2 Å². The van der Waals surface area contributed by atoms with Crippen LogP contribution in [0.15, 0.2) is 47.0 Å². The van der Waals surface area contributed by atoms with E-state index in [0.717, 1.165) is 28.0 Å². The highest BCUT2D eigenvalue weighted by atomic mass is 16.5. The van der Waals surface area contributed by atoms with Crippen molar-refractivity contribution in [3.63, 3.8) is 0 Å². The zero-order valence-corrected chi connectivity index (χ0v) is 17.6. The first-order valence-corrected chi connectivity index (χ1v) is 9.76. The summed E-state index contributed by atoms with van der Waals surface area (Å²) < 4.78 is 11.4. The lowest BCUT2D eigenvalue weighted by Crippen LogP contribution is -2.39. The Balaban J connectivity index is 1.67. The Morgan fingerprint density at radius 3 is 2.48 bits per heavy atom. The van der Waals surface area contributed by atoms with E-state index in [0.29, 0.717) is 18.1 Å². The van der Waals surface area contributed by atoms with Gasteiger partial charge in [0.1, 0.15) is 5.75 Å². The van der Waals surface area contributed by atoms with Crippen LogP contribution in [0.25, 0.3) is 11.4 Å². The van der Waals surface area contributed by atoms with Gasteiger partial charge in [-0.15, -0.1) is 0 Å². The highest BCUT2D eigenvalue weighted by Gasteiger charge is 2.24. The van der Waals surface area contributed by atoms with Gasteiger partial charge in [-0.3, -0.25) is 4.79 Å². The molecule has 0 unspecified atom stereocenters. The van der Waals surface area contributed by atoms with E-state index in [2.05, 4.69) is 10.1 Å². The van der Waals surface area contributed by atoms with Crippen molar-refractivity contribution < 1.29 is 14.1 Å². The van der Waals surface area contributed by atoms with Gasteiger partial charge in [0, 0.05) is 12.6 Å². The van der Waals surface area contributed by atoms with Gasteiger partial charge in [-0.1, -0.05) is 54.0 Å². The number of amides is 1. The van der Waals surface area contributed by atoms with Crippen molar-refractivity contribution in [3.8, 4) is 17.1 Å². The number of hydrogen-bond donors (Lipinski definition) is 0. The van der Waals surface area contributed by atoms with Gasteiger partial charge in [-0.05, 0) is 44.4 Å². The quantitative estimate of drug-likeness (QED) is 0.592. The molecule has 0 fully saturated rings. The molecular weight excluding hydrogens is 366 g/mol. The fourth-order valence-corrected chi connectivity index (χ4v) is 2.96. The van der Waals surface area contributed by atoms with Crippen molar-refractivity contribution in [2.24, 2.45) is 0 Å². The summed E-state index contributed by atoms with van der Waals surface area (Å²) in [7, 11) is 1.72. The maximum atomic E-state index is 12.9. The van der Waals surface area contributed by atoms with E-state index < -0.39 is 6.10 Å². The average Bonchev–Trinajstić information content (AvgIpc) is 3.17. The third kappa shape index (κ3) is 5.02. The van der Waals surface area contributed by atoms with Crippen LogP contribution in [0, 0.1) is 20.8 Å². The molecule has 0 saturated heterocycles. The van der Waals surface area contributed by atoms with Crippen molar-refractivity contribution in [1.29, 1.82) is 0 Å². The molecular formula is C23H27N3O3. The van der Waals surface area contributed by atoms with Crippen LogP contribution in [0.4, 0.5) is 0 Å². The van der Waals surface area contributed by atoms with Gasteiger partial charge in [0.25, 0.3) is 5.91 Å². The predicted octanol–water partition coefficient (Wildman–Crippen LogP) is 4.48. The van der Waals surface area contributed by atoms with E-state index in [1.165, 1.54) is 0 Å². The number of rotatable bonds is 7. The van der Waals surface area contributed by atoms with Crippen molar-refractivity contribution in [3.05, 3.63) is 65.0 Å². The monoisotopic (exact) mass is 393 g/mol. The second-order valence-electron chi connectivity index (χ2n) is 7.36. The Bertz CT molecular complexity index is 979. The Labute approximate surface area is 171 Å². The molecule has 0 N–H and O–H groups in total. The third-order valence-corrected chi connectivity index (χ3v) is 4.79. The minimum atomic E-state index is -0.569. The van der Waals surface area contributed by atoms with Gasteiger partial charge in [0.15, 0.2) is 6.10 Å². The fourth-order valence-electron chi connectivity index (χ4n) is 2.96. The van der Waals surface area contributed by atoms with E-state index >= 15 is 0 Å². The van der Waals surface area contributed by atoms with Crippen molar-refractivity contribution in [1.82, 2.24) is 15.0 Å². The lowest BCUT2D eigenvalue weighted by Gasteiger charge is -2.23. The third-order valence-electron chi connectivity index (χ3n) is 4.79. The Kier molecular flexibility index (Phi) is 6.32. The number of carbonyl (C=O) groups excluding carboxylic acids is 1. The lowest BCUT2D eigenvalue weighted by molar-refractivity contribution is -0.138. The normalized spacial score (nSPS) is 11.9. The summed E-state index contributed by atoms with van der Waals surface area (Å²) in [4.78, 5) is 18.9. The van der Waals surface area contributed by atoms with E-state index in [-0.39, 0.29) is 12.5 Å². The summed E-state index contributed by atoms with van der Waals surface area (Å²) in [5.74, 6) is 1.51. The van der Waals surface area contributed by atoms with Gasteiger partial charge in [0.05, 0.1) is 6.54 Å². The highest BCUT2D eigenvalue weighted by Crippen LogP contribution is 2.22. The van der Waals surface area contributed by atoms with Crippen LogP contribution in [0.2, 0.25) is 0 Å². The maximum Gasteiger partial charge on any atom is 0.263 e. The summed E-state index contributed by atoms with van der Waals surface area (Å²) in [5, 5.41) is 4.03. The molecule has 6 nitrogen and oxygen atoms in total. The van der Waals surface area contributed by atoms with Gasteiger partial charge in [-0.25, -0.2) is 0 Å². The van der Waals surface area contributed by atoms with Crippen LogP contribution >= 0.6 is 0 Å². The molecule has 0 radical (unpaired) electrons. The van der Waals surface area contributed by atoms with Gasteiger partial charge >= 0.3 is 0 Å². The topological polar surface area (TPSA) is 68.5 Å². The standard InChI is InChI=1S/C23H27N3O3/c1-6-19(28-20-13-16(3)7-10-17(20)4)23(27)26(5)14-21-24-22(25-29-21)18-11-8-15(2)9-12-18/h7-13,19H,6,14H2,1-5H3/t19-/m0/s1. The lowest BCUT2D eigenvalue weighted by atomic mass is 10.1. The van der Waals surface area contributed by atoms with Gasteiger partial charge in [0.2, 0.25) is 11.7 Å². The minimum Gasteiger partial charge on any atom is -0.480 e. The molecule has 2 aromatic carbocycles. The molecule has 3 aromatic rings. The number of nitrogens with zero attached hydrogens (tertiary/aromatic N) is 3. The van der Waals surface area contributed by atoms with Crippen LogP contribution in [-0.4, -0.2) is 34.1 Å². The zero-order chi connectivity index (χ0) is 21.0. The Morgan fingerprint density at radius 1 is 1.10 bits per heavy atom. The first kappa shape index (κ1) is 20.6. The van der Waals surface area contributed by atoms with E-state index in [4.69, 9.17) is 9.26 Å². The number of likely N-dealkylation sites (N-methyl/N-ethyl adjacent to an activating group) is 1. The maximum absolute atomic E-state index is 12.9. The summed E-state index contributed by atoms with van der Waals surface area (Å²) in [5.41, 5.74) is 4.14. The van der Waals surface area contributed by atoms with Crippen LogP contribution in [-0.2, 0) is 11.3 Å². The highest BCUT2D eigenvalue weighted by molar-refractivity contribution is 5.81. The number of ether oxygens (including phenoxy) is 1. The number of hydrogen-bond acceptors (Lipinski definition) is 5. The van der Waals surface area contributed by atoms with Gasteiger partial charge < -0.3 is 14.2 Å². The number of carbonyl (C=O) groups is 1. The molecule has 0 aliphatic heterocycles. The molecule has 3 rings (SSSR count). The zero-order valence-electron chi connectivity index (χ0n) is 17.6. The number of aromatic nitrogens is 2. The molecule has 6 heteroatoms. The molecule has 0 spiro atoms. The van der Waals surface area contributed by atoms with Crippen LogP contribution in [0.1, 0.15) is 35.9 Å². The minimum absolute atomic E-state index is 0.122. The molecule has 1 amide bonds. The average molecular weight is 393 g/mol. The predicted molar refractivity (Wildman–Crippen MR) is 112 cm³/mol. The fraction of sp³-hybridized carbons (Fsp3) is 0.348. The summed E-state index contributed by atoms with van der Waals surface area (Å²) in [6.07, 6.45) is -0.00496. The van der Waals surface area contributed by atoms with E-state index in [1.54, 1.807) is 11.9 Å². The van der Waals surface area contributed by atoms with E-state index in [9.17, 15) is 4.79 Å². The molecule has 0 bridgehead atoms. The molecule has 1 aromatic heterocycles. The molecule has 0 aliphatic carbocycles. The van der Waals surface area contributed by atoms with Gasteiger partial charge in [-0.2, -0.15) is 4.98 Å². The summed E-state index contributed by atoms with van der Waals surface area (Å²) in [6, 6.07) is 13.9. The van der Waals surface area contributed by atoms with Crippen molar-refractivity contribution in [2.45, 2.75) is 46.8 Å². The molecule has 0 saturated carbocycles. The SMILES string of the molecule is CC[C@H](Oc1cc(C)ccc1C)C(=O)N(C)Cc1nc(-c2ccc(C)cc2)no1.